The number of carbonyl (C=O) groups is 1. The molecule has 0 saturated heterocycles. The third-order valence-corrected chi connectivity index (χ3v) is 3.37. The maximum absolute atomic E-state index is 11.6. The van der Waals surface area contributed by atoms with E-state index in [1.165, 1.54) is 19.3 Å². The fourth-order valence-corrected chi connectivity index (χ4v) is 2.23. The summed E-state index contributed by atoms with van der Waals surface area (Å²) in [6.45, 7) is 6.14. The van der Waals surface area contributed by atoms with Crippen molar-refractivity contribution in [2.24, 2.45) is 5.92 Å². The van der Waals surface area contributed by atoms with E-state index in [2.05, 4.69) is 22.2 Å². The molecule has 2 rings (SSSR count). The van der Waals surface area contributed by atoms with Gasteiger partial charge in [-0.3, -0.25) is 0 Å². The fourth-order valence-electron chi connectivity index (χ4n) is 2.23. The Kier molecular flexibility index (Phi) is 4.35. The highest BCUT2D eigenvalue weighted by atomic mass is 16.5. The Balaban J connectivity index is 1.97. The number of esters is 1. The molecular weight excluding hydrogens is 242 g/mol. The maximum Gasteiger partial charge on any atom is 0.341 e. The molecule has 104 valence electrons. The molecule has 19 heavy (non-hydrogen) atoms. The number of aryl methyl sites for hydroxylation is 1. The largest absolute Gasteiger partial charge is 0.462 e. The van der Waals surface area contributed by atoms with Crippen molar-refractivity contribution in [1.82, 2.24) is 9.97 Å². The van der Waals surface area contributed by atoms with Gasteiger partial charge in [0, 0.05) is 12.2 Å². The second kappa shape index (κ2) is 5.99. The Morgan fingerprint density at radius 1 is 1.53 bits per heavy atom. The minimum absolute atomic E-state index is 0.359. The zero-order chi connectivity index (χ0) is 13.8. The highest BCUT2D eigenvalue weighted by Crippen LogP contribution is 2.36. The van der Waals surface area contributed by atoms with Crippen LogP contribution in [0.5, 0.6) is 0 Å². The van der Waals surface area contributed by atoms with Crippen LogP contribution in [-0.4, -0.2) is 28.6 Å². The first kappa shape index (κ1) is 13.8. The molecule has 0 aromatic carbocycles. The number of hydrogen-bond acceptors (Lipinski definition) is 5. The van der Waals surface area contributed by atoms with Crippen LogP contribution >= 0.6 is 0 Å². The van der Waals surface area contributed by atoms with Crippen LogP contribution in [0.2, 0.25) is 0 Å². The molecule has 1 aromatic heterocycles. The van der Waals surface area contributed by atoms with Gasteiger partial charge in [0.15, 0.2) is 0 Å². The summed E-state index contributed by atoms with van der Waals surface area (Å²) in [6.07, 6.45) is 5.19. The quantitative estimate of drug-likeness (QED) is 0.799. The minimum Gasteiger partial charge on any atom is -0.462 e. The summed E-state index contributed by atoms with van der Waals surface area (Å²) in [6, 6.07) is 0.493. The van der Waals surface area contributed by atoms with Gasteiger partial charge in [-0.15, -0.1) is 0 Å². The predicted molar refractivity (Wildman–Crippen MR) is 73.2 cm³/mol. The summed E-state index contributed by atoms with van der Waals surface area (Å²) >= 11 is 0. The lowest BCUT2D eigenvalue weighted by Crippen LogP contribution is -2.13. The first-order valence-corrected chi connectivity index (χ1v) is 6.93. The number of aromatic nitrogens is 2. The Bertz CT molecular complexity index is 462. The Morgan fingerprint density at radius 3 is 2.95 bits per heavy atom. The summed E-state index contributed by atoms with van der Waals surface area (Å²) in [5.41, 5.74) is 1.09. The van der Waals surface area contributed by atoms with Gasteiger partial charge in [0.05, 0.1) is 17.9 Å². The smallest absolute Gasteiger partial charge is 0.341 e. The molecular formula is C14H21N3O2. The van der Waals surface area contributed by atoms with E-state index < -0.39 is 0 Å². The van der Waals surface area contributed by atoms with Crippen molar-refractivity contribution in [1.29, 1.82) is 0 Å². The number of rotatable bonds is 6. The van der Waals surface area contributed by atoms with Crippen molar-refractivity contribution in [2.75, 3.05) is 11.9 Å². The molecule has 5 heteroatoms. The van der Waals surface area contributed by atoms with Crippen LogP contribution in [0.15, 0.2) is 6.20 Å². The van der Waals surface area contributed by atoms with Crippen LogP contribution in [0.1, 0.15) is 49.2 Å². The third-order valence-electron chi connectivity index (χ3n) is 3.37. The second-order valence-electron chi connectivity index (χ2n) is 4.95. The average molecular weight is 263 g/mol. The van der Waals surface area contributed by atoms with E-state index in [0.29, 0.717) is 29.9 Å². The molecule has 1 aliphatic rings. The molecule has 2 atom stereocenters. The average Bonchev–Trinajstić information content (AvgIpc) is 3.08. The van der Waals surface area contributed by atoms with Gasteiger partial charge in [0.1, 0.15) is 0 Å². The Morgan fingerprint density at radius 2 is 2.32 bits per heavy atom. The van der Waals surface area contributed by atoms with Crippen LogP contribution in [0, 0.1) is 12.8 Å². The monoisotopic (exact) mass is 263 g/mol. The van der Waals surface area contributed by atoms with E-state index in [9.17, 15) is 4.79 Å². The molecule has 0 radical (unpaired) electrons. The highest BCUT2D eigenvalue weighted by Gasteiger charge is 2.36. The normalized spacial score (nSPS) is 21.0. The number of hydrogen-bond donors (Lipinski definition) is 1. The van der Waals surface area contributed by atoms with Gasteiger partial charge >= 0.3 is 5.97 Å². The van der Waals surface area contributed by atoms with Crippen molar-refractivity contribution in [3.05, 3.63) is 17.5 Å². The van der Waals surface area contributed by atoms with Gasteiger partial charge in [0.2, 0.25) is 5.95 Å². The van der Waals surface area contributed by atoms with Crippen LogP contribution in [0.4, 0.5) is 5.95 Å². The zero-order valence-electron chi connectivity index (χ0n) is 11.8. The number of anilines is 1. The van der Waals surface area contributed by atoms with E-state index in [4.69, 9.17) is 4.74 Å². The molecule has 2 unspecified atom stereocenters. The fraction of sp³-hybridized carbons (Fsp3) is 0.643. The molecule has 0 bridgehead atoms. The van der Waals surface area contributed by atoms with Crippen molar-refractivity contribution >= 4 is 11.9 Å². The lowest BCUT2D eigenvalue weighted by atomic mass is 10.2. The van der Waals surface area contributed by atoms with Crippen LogP contribution in [0.25, 0.3) is 0 Å². The third kappa shape index (κ3) is 3.43. The first-order valence-electron chi connectivity index (χ1n) is 6.93. The number of nitrogens with zero attached hydrogens (tertiary/aromatic N) is 2. The molecule has 0 aliphatic heterocycles. The molecule has 1 aliphatic carbocycles. The van der Waals surface area contributed by atoms with Crippen molar-refractivity contribution in [3.63, 3.8) is 0 Å². The number of ether oxygens (including phenoxy) is 1. The maximum atomic E-state index is 11.6. The molecule has 1 fully saturated rings. The molecule has 0 spiro atoms. The van der Waals surface area contributed by atoms with Gasteiger partial charge < -0.3 is 10.1 Å². The SMILES string of the molecule is CCCC1CC1Nc1ncc(C(=O)OCC)c(C)n1. The van der Waals surface area contributed by atoms with Crippen LogP contribution in [-0.2, 0) is 4.74 Å². The van der Waals surface area contributed by atoms with Gasteiger partial charge in [0.25, 0.3) is 0 Å². The minimum atomic E-state index is -0.359. The predicted octanol–water partition coefficient (Wildman–Crippen LogP) is 2.56. The second-order valence-corrected chi connectivity index (χ2v) is 4.95. The van der Waals surface area contributed by atoms with Gasteiger partial charge in [-0.1, -0.05) is 13.3 Å². The molecule has 1 heterocycles. The molecule has 1 aromatic rings. The van der Waals surface area contributed by atoms with E-state index >= 15 is 0 Å². The summed E-state index contributed by atoms with van der Waals surface area (Å²) in [4.78, 5) is 20.1. The molecule has 5 nitrogen and oxygen atoms in total. The lowest BCUT2D eigenvalue weighted by Gasteiger charge is -2.08. The van der Waals surface area contributed by atoms with Crippen molar-refractivity contribution < 1.29 is 9.53 Å². The zero-order valence-corrected chi connectivity index (χ0v) is 11.8. The Labute approximate surface area is 113 Å². The van der Waals surface area contributed by atoms with Crippen LogP contribution in [0.3, 0.4) is 0 Å². The number of carbonyl (C=O) groups excluding carboxylic acids is 1. The standard InChI is InChI=1S/C14H21N3O2/c1-4-6-10-7-12(10)17-14-15-8-11(9(3)16-14)13(18)19-5-2/h8,10,12H,4-7H2,1-3H3,(H,15,16,17). The summed E-state index contributed by atoms with van der Waals surface area (Å²) in [5, 5.41) is 3.32. The molecule has 1 saturated carbocycles. The lowest BCUT2D eigenvalue weighted by molar-refractivity contribution is 0.0524. The van der Waals surface area contributed by atoms with Crippen molar-refractivity contribution in [3.8, 4) is 0 Å². The van der Waals surface area contributed by atoms with E-state index in [-0.39, 0.29) is 5.97 Å². The topological polar surface area (TPSA) is 64.1 Å². The Hall–Kier alpha value is -1.65. The first-order chi connectivity index (χ1) is 9.15. The summed E-state index contributed by atoms with van der Waals surface area (Å²) in [7, 11) is 0. The van der Waals surface area contributed by atoms with Crippen LogP contribution < -0.4 is 5.32 Å². The summed E-state index contributed by atoms with van der Waals surface area (Å²) < 4.78 is 4.95. The van der Waals surface area contributed by atoms with Gasteiger partial charge in [-0.2, -0.15) is 0 Å². The van der Waals surface area contributed by atoms with Gasteiger partial charge in [-0.05, 0) is 32.6 Å². The summed E-state index contributed by atoms with van der Waals surface area (Å²) in [5.74, 6) is 0.995. The van der Waals surface area contributed by atoms with E-state index in [1.54, 1.807) is 20.0 Å². The van der Waals surface area contributed by atoms with E-state index in [0.717, 1.165) is 5.92 Å². The van der Waals surface area contributed by atoms with E-state index in [1.807, 2.05) is 0 Å². The molecule has 1 N–H and O–H groups in total. The van der Waals surface area contributed by atoms with Crippen molar-refractivity contribution in [2.45, 2.75) is 46.1 Å². The van der Waals surface area contributed by atoms with Gasteiger partial charge in [-0.25, -0.2) is 14.8 Å². The number of nitrogens with one attached hydrogen (secondary N) is 1. The molecule has 0 amide bonds. The highest BCUT2D eigenvalue weighted by molar-refractivity contribution is 5.90.